The first-order valence-electron chi connectivity index (χ1n) is 5.58. The lowest BCUT2D eigenvalue weighted by Gasteiger charge is -2.11. The summed E-state index contributed by atoms with van der Waals surface area (Å²) in [6.07, 6.45) is 2.04. The monoisotopic (exact) mass is 399 g/mol. The van der Waals surface area contributed by atoms with Crippen molar-refractivity contribution in [3.63, 3.8) is 0 Å². The van der Waals surface area contributed by atoms with Gasteiger partial charge in [-0.3, -0.25) is 4.99 Å². The summed E-state index contributed by atoms with van der Waals surface area (Å²) in [5, 5.41) is 15.3. The van der Waals surface area contributed by atoms with E-state index in [0.29, 0.717) is 12.5 Å². The van der Waals surface area contributed by atoms with Crippen LogP contribution in [0.25, 0.3) is 0 Å². The van der Waals surface area contributed by atoms with E-state index in [1.807, 2.05) is 6.26 Å². The fourth-order valence-electron chi connectivity index (χ4n) is 1.34. The average Bonchev–Trinajstić information content (AvgIpc) is 2.37. The molecule has 1 rings (SSSR count). The van der Waals surface area contributed by atoms with Gasteiger partial charge in [-0.15, -0.1) is 24.0 Å². The zero-order chi connectivity index (χ0) is 13.4. The van der Waals surface area contributed by atoms with E-state index in [9.17, 15) is 4.39 Å². The van der Waals surface area contributed by atoms with Crippen molar-refractivity contribution >= 4 is 41.7 Å². The maximum absolute atomic E-state index is 13.1. The molecule has 0 amide bonds. The number of thioether (sulfide) groups is 1. The zero-order valence-corrected chi connectivity index (χ0v) is 14.1. The second kappa shape index (κ2) is 10.1. The van der Waals surface area contributed by atoms with Crippen LogP contribution in [-0.4, -0.2) is 36.7 Å². The van der Waals surface area contributed by atoms with Crippen molar-refractivity contribution in [1.29, 1.82) is 0 Å². The van der Waals surface area contributed by atoms with E-state index in [4.69, 9.17) is 5.11 Å². The molecule has 19 heavy (non-hydrogen) atoms. The third kappa shape index (κ3) is 6.86. The molecular formula is C12H19FIN3OS. The molecule has 0 aliphatic heterocycles. The summed E-state index contributed by atoms with van der Waals surface area (Å²) < 4.78 is 13.1. The number of aromatic hydroxyl groups is 1. The molecule has 0 spiro atoms. The van der Waals surface area contributed by atoms with Crippen LogP contribution in [0.15, 0.2) is 23.2 Å². The number of rotatable bonds is 5. The molecule has 0 aliphatic carbocycles. The van der Waals surface area contributed by atoms with Gasteiger partial charge in [0.05, 0.1) is 0 Å². The number of benzene rings is 1. The topological polar surface area (TPSA) is 56.7 Å². The van der Waals surface area contributed by atoms with Crippen molar-refractivity contribution in [2.45, 2.75) is 6.54 Å². The molecule has 0 fully saturated rings. The van der Waals surface area contributed by atoms with Crippen LogP contribution in [0.4, 0.5) is 4.39 Å². The average molecular weight is 399 g/mol. The molecule has 0 saturated heterocycles. The molecular weight excluding hydrogens is 380 g/mol. The predicted octanol–water partition coefficient (Wildman–Crippen LogP) is 2.18. The number of aliphatic imine (C=N–C) groups is 1. The maximum atomic E-state index is 13.1. The summed E-state index contributed by atoms with van der Waals surface area (Å²) >= 11 is 1.75. The van der Waals surface area contributed by atoms with Crippen LogP contribution < -0.4 is 10.6 Å². The molecule has 0 unspecified atom stereocenters. The molecule has 1 aromatic rings. The highest BCUT2D eigenvalue weighted by Crippen LogP contribution is 2.15. The van der Waals surface area contributed by atoms with Gasteiger partial charge >= 0.3 is 0 Å². The molecule has 0 radical (unpaired) electrons. The summed E-state index contributed by atoms with van der Waals surface area (Å²) in [5.74, 6) is 0.729. The minimum absolute atomic E-state index is 0. The number of guanidine groups is 1. The van der Waals surface area contributed by atoms with Gasteiger partial charge < -0.3 is 15.7 Å². The van der Waals surface area contributed by atoms with Crippen molar-refractivity contribution in [3.05, 3.63) is 29.6 Å². The Balaban J connectivity index is 0.00000324. The molecule has 7 heteroatoms. The summed E-state index contributed by atoms with van der Waals surface area (Å²) in [4.78, 5) is 4.06. The van der Waals surface area contributed by atoms with E-state index in [-0.39, 0.29) is 29.7 Å². The molecule has 108 valence electrons. The van der Waals surface area contributed by atoms with Crippen molar-refractivity contribution < 1.29 is 9.50 Å². The lowest BCUT2D eigenvalue weighted by atomic mass is 10.2. The summed E-state index contributed by atoms with van der Waals surface area (Å²) in [6.45, 7) is 1.28. The van der Waals surface area contributed by atoms with Gasteiger partial charge in [0.2, 0.25) is 0 Å². The fraction of sp³-hybridized carbons (Fsp3) is 0.417. The highest BCUT2D eigenvalue weighted by atomic mass is 127. The van der Waals surface area contributed by atoms with Crippen LogP contribution in [0, 0.1) is 5.82 Å². The summed E-state index contributed by atoms with van der Waals surface area (Å²) in [5.41, 5.74) is 0.748. The molecule has 0 aromatic heterocycles. The van der Waals surface area contributed by atoms with Crippen molar-refractivity contribution in [1.82, 2.24) is 10.6 Å². The smallest absolute Gasteiger partial charge is 0.191 e. The molecule has 0 heterocycles. The molecule has 0 bridgehead atoms. The van der Waals surface area contributed by atoms with E-state index in [2.05, 4.69) is 15.6 Å². The number of hydrogen-bond acceptors (Lipinski definition) is 3. The van der Waals surface area contributed by atoms with E-state index in [0.717, 1.165) is 17.9 Å². The largest absolute Gasteiger partial charge is 0.505 e. The Kier molecular flexibility index (Phi) is 9.76. The van der Waals surface area contributed by atoms with E-state index in [1.165, 1.54) is 12.1 Å². The Morgan fingerprint density at radius 3 is 2.74 bits per heavy atom. The van der Waals surface area contributed by atoms with Gasteiger partial charge in [0.25, 0.3) is 0 Å². The second-order valence-electron chi connectivity index (χ2n) is 3.63. The Bertz CT molecular complexity index is 418. The lowest BCUT2D eigenvalue weighted by molar-refractivity contribution is 0.431. The number of halogens is 2. The van der Waals surface area contributed by atoms with E-state index >= 15 is 0 Å². The van der Waals surface area contributed by atoms with Crippen LogP contribution in [0.5, 0.6) is 5.75 Å². The lowest BCUT2D eigenvalue weighted by Crippen LogP contribution is -2.37. The van der Waals surface area contributed by atoms with Gasteiger partial charge in [-0.2, -0.15) is 11.8 Å². The number of hydrogen-bond donors (Lipinski definition) is 3. The number of phenols is 1. The van der Waals surface area contributed by atoms with Crippen LogP contribution in [0.2, 0.25) is 0 Å². The minimum atomic E-state index is -0.611. The fourth-order valence-corrected chi connectivity index (χ4v) is 1.64. The van der Waals surface area contributed by atoms with E-state index < -0.39 is 5.82 Å². The molecule has 4 nitrogen and oxygen atoms in total. The van der Waals surface area contributed by atoms with Gasteiger partial charge in [-0.25, -0.2) is 4.39 Å². The number of phenolic OH excluding ortho intramolecular Hbond substituents is 1. The molecule has 0 aliphatic rings. The normalized spacial score (nSPS) is 10.8. The zero-order valence-electron chi connectivity index (χ0n) is 10.9. The van der Waals surface area contributed by atoms with Gasteiger partial charge in [0.1, 0.15) is 0 Å². The number of nitrogens with one attached hydrogen (secondary N) is 2. The van der Waals surface area contributed by atoms with Crippen LogP contribution >= 0.6 is 35.7 Å². The van der Waals surface area contributed by atoms with Gasteiger partial charge in [-0.1, -0.05) is 6.07 Å². The molecule has 0 saturated carbocycles. The van der Waals surface area contributed by atoms with Crippen LogP contribution in [0.1, 0.15) is 5.56 Å². The highest BCUT2D eigenvalue weighted by molar-refractivity contribution is 14.0. The third-order valence-corrected chi connectivity index (χ3v) is 2.91. The first-order chi connectivity index (χ1) is 8.67. The van der Waals surface area contributed by atoms with Crippen LogP contribution in [-0.2, 0) is 6.54 Å². The SMILES string of the molecule is CN=C(NCCSC)NCc1ccc(O)c(F)c1.I. The Morgan fingerprint density at radius 1 is 1.42 bits per heavy atom. The molecule has 0 atom stereocenters. The van der Waals surface area contributed by atoms with Gasteiger partial charge in [0.15, 0.2) is 17.5 Å². The Morgan fingerprint density at radius 2 is 2.16 bits per heavy atom. The first-order valence-corrected chi connectivity index (χ1v) is 6.97. The standard InChI is InChI=1S/C12H18FN3OS.HI/c1-14-12(15-5-6-18-2)16-8-9-3-4-11(17)10(13)7-9;/h3-4,7,17H,5-6,8H2,1-2H3,(H2,14,15,16);1H. The highest BCUT2D eigenvalue weighted by Gasteiger charge is 2.02. The molecule has 1 aromatic carbocycles. The minimum Gasteiger partial charge on any atom is -0.505 e. The molecule has 3 N–H and O–H groups in total. The third-order valence-electron chi connectivity index (χ3n) is 2.29. The Hall–Kier alpha value is -0.700. The van der Waals surface area contributed by atoms with Crippen molar-refractivity contribution in [3.8, 4) is 5.75 Å². The summed E-state index contributed by atoms with van der Waals surface area (Å²) in [7, 11) is 1.69. The van der Waals surface area contributed by atoms with E-state index in [1.54, 1.807) is 24.9 Å². The predicted molar refractivity (Wildman–Crippen MR) is 90.1 cm³/mol. The maximum Gasteiger partial charge on any atom is 0.191 e. The Labute approximate surface area is 134 Å². The van der Waals surface area contributed by atoms with Gasteiger partial charge in [0, 0.05) is 25.9 Å². The number of nitrogens with zero attached hydrogens (tertiary/aromatic N) is 1. The second-order valence-corrected chi connectivity index (χ2v) is 4.62. The quantitative estimate of drug-likeness (QED) is 0.308. The first kappa shape index (κ1) is 18.3. The van der Waals surface area contributed by atoms with Gasteiger partial charge in [-0.05, 0) is 24.0 Å². The van der Waals surface area contributed by atoms with Crippen molar-refractivity contribution in [2.24, 2.45) is 4.99 Å². The van der Waals surface area contributed by atoms with Crippen LogP contribution in [0.3, 0.4) is 0 Å². The summed E-state index contributed by atoms with van der Waals surface area (Å²) in [6, 6.07) is 4.31. The van der Waals surface area contributed by atoms with Crippen molar-refractivity contribution in [2.75, 3.05) is 25.6 Å².